The number of likely N-dealkylation sites (N-methyl/N-ethyl adjacent to an activating group) is 1. The quantitative estimate of drug-likeness (QED) is 0.816. The summed E-state index contributed by atoms with van der Waals surface area (Å²) in [6.45, 7) is 3.11. The van der Waals surface area contributed by atoms with E-state index < -0.39 is 17.9 Å². The summed E-state index contributed by atoms with van der Waals surface area (Å²) in [6, 6.07) is 4.44. The third kappa shape index (κ3) is 2.74. The lowest BCUT2D eigenvalue weighted by molar-refractivity contribution is -0.137. The van der Waals surface area contributed by atoms with Gasteiger partial charge in [0.2, 0.25) is 5.76 Å². The zero-order valence-electron chi connectivity index (χ0n) is 12.3. The lowest BCUT2D eigenvalue weighted by Gasteiger charge is -2.16. The van der Waals surface area contributed by atoms with Crippen LogP contribution in [0.15, 0.2) is 22.6 Å². The summed E-state index contributed by atoms with van der Waals surface area (Å²) in [4.78, 5) is 25.1. The Morgan fingerprint density at radius 3 is 2.57 bits per heavy atom. The molecule has 0 bridgehead atoms. The number of rotatable bonds is 3. The Hall–Kier alpha value is -2.37. The molecule has 2 rings (SSSR count). The summed E-state index contributed by atoms with van der Waals surface area (Å²) < 4.78 is 24.0. The number of carbonyl (C=O) groups excluding carboxylic acids is 2. The minimum Gasteiger partial charge on any atom is -0.447 e. The highest BCUT2D eigenvalue weighted by Gasteiger charge is 2.25. The fraction of sp³-hybridized carbons (Fsp3) is 0.333. The van der Waals surface area contributed by atoms with Crippen molar-refractivity contribution in [2.45, 2.75) is 20.0 Å². The molecule has 0 fully saturated rings. The summed E-state index contributed by atoms with van der Waals surface area (Å²) in [5.41, 5.74) is 0.493. The van der Waals surface area contributed by atoms with Gasteiger partial charge in [-0.25, -0.2) is 9.18 Å². The highest BCUT2D eigenvalue weighted by molar-refractivity contribution is 5.97. The molecule has 1 amide bonds. The molecule has 0 aliphatic rings. The van der Waals surface area contributed by atoms with E-state index >= 15 is 0 Å². The van der Waals surface area contributed by atoms with Gasteiger partial charge in [0.1, 0.15) is 0 Å². The van der Waals surface area contributed by atoms with Gasteiger partial charge in [-0.05, 0) is 19.9 Å². The van der Waals surface area contributed by atoms with Gasteiger partial charge in [-0.2, -0.15) is 0 Å². The highest BCUT2D eigenvalue weighted by atomic mass is 19.1. The first-order valence-electron chi connectivity index (χ1n) is 6.42. The molecule has 0 N–H and O–H groups in total. The summed E-state index contributed by atoms with van der Waals surface area (Å²) >= 11 is 0. The van der Waals surface area contributed by atoms with Gasteiger partial charge in [-0.15, -0.1) is 0 Å². The maximum Gasteiger partial charge on any atom is 0.375 e. The van der Waals surface area contributed by atoms with Crippen LogP contribution in [0.3, 0.4) is 0 Å². The average molecular weight is 293 g/mol. The molecule has 6 heteroatoms. The predicted molar refractivity (Wildman–Crippen MR) is 74.5 cm³/mol. The van der Waals surface area contributed by atoms with Crippen molar-refractivity contribution >= 4 is 22.8 Å². The second-order valence-electron chi connectivity index (χ2n) is 4.95. The molecule has 1 atom stereocenters. The molecule has 21 heavy (non-hydrogen) atoms. The van der Waals surface area contributed by atoms with E-state index in [9.17, 15) is 14.0 Å². The molecule has 0 spiro atoms. The lowest BCUT2D eigenvalue weighted by atomic mass is 10.1. The first-order valence-corrected chi connectivity index (χ1v) is 6.42. The third-order valence-electron chi connectivity index (χ3n) is 3.17. The molecule has 112 valence electrons. The Bertz CT molecular complexity index is 705. The fourth-order valence-electron chi connectivity index (χ4n) is 2.03. The molecule has 1 heterocycles. The number of aryl methyl sites for hydroxylation is 1. The molecule has 0 saturated carbocycles. The van der Waals surface area contributed by atoms with Gasteiger partial charge >= 0.3 is 5.97 Å². The number of hydrogen-bond acceptors (Lipinski definition) is 4. The van der Waals surface area contributed by atoms with E-state index in [4.69, 9.17) is 9.15 Å². The van der Waals surface area contributed by atoms with E-state index in [-0.39, 0.29) is 17.3 Å². The second-order valence-corrected chi connectivity index (χ2v) is 4.95. The van der Waals surface area contributed by atoms with Crippen molar-refractivity contribution in [1.29, 1.82) is 0 Å². The number of fused-ring (bicyclic) bond motifs is 1. The van der Waals surface area contributed by atoms with Crippen LogP contribution in [0.2, 0.25) is 0 Å². The summed E-state index contributed by atoms with van der Waals surface area (Å²) in [5.74, 6) is -1.77. The van der Waals surface area contributed by atoms with Gasteiger partial charge in [0, 0.05) is 25.0 Å². The molecule has 1 aromatic heterocycles. The van der Waals surface area contributed by atoms with Crippen molar-refractivity contribution in [3.63, 3.8) is 0 Å². The number of halogens is 1. The maximum atomic E-state index is 13.6. The zero-order chi connectivity index (χ0) is 15.7. The highest BCUT2D eigenvalue weighted by Crippen LogP contribution is 2.27. The lowest BCUT2D eigenvalue weighted by Crippen LogP contribution is -2.34. The normalized spacial score (nSPS) is 12.2. The van der Waals surface area contributed by atoms with Crippen molar-refractivity contribution in [2.24, 2.45) is 0 Å². The molecule has 5 nitrogen and oxygen atoms in total. The number of ether oxygens (including phenoxy) is 1. The van der Waals surface area contributed by atoms with Crippen molar-refractivity contribution in [3.8, 4) is 0 Å². The first-order chi connectivity index (χ1) is 9.82. The van der Waals surface area contributed by atoms with Crippen LogP contribution in [-0.2, 0) is 9.53 Å². The average Bonchev–Trinajstić information content (AvgIpc) is 2.77. The summed E-state index contributed by atoms with van der Waals surface area (Å²) in [5, 5.41) is 0.508. The van der Waals surface area contributed by atoms with E-state index in [2.05, 4.69) is 0 Å². The van der Waals surface area contributed by atoms with Gasteiger partial charge in [-0.1, -0.05) is 12.1 Å². The molecule has 2 aromatic rings. The Labute approximate surface area is 121 Å². The molecule has 0 saturated heterocycles. The Morgan fingerprint density at radius 2 is 2.00 bits per heavy atom. The van der Waals surface area contributed by atoms with E-state index in [1.165, 1.54) is 24.0 Å². The molecular formula is C15H16FNO4. The number of furan rings is 1. The van der Waals surface area contributed by atoms with Crippen molar-refractivity contribution in [1.82, 2.24) is 4.90 Å². The van der Waals surface area contributed by atoms with Gasteiger partial charge in [0.05, 0.1) is 0 Å². The van der Waals surface area contributed by atoms with Crippen LogP contribution >= 0.6 is 0 Å². The van der Waals surface area contributed by atoms with E-state index in [1.807, 2.05) is 0 Å². The zero-order valence-corrected chi connectivity index (χ0v) is 12.3. The smallest absolute Gasteiger partial charge is 0.375 e. The number of carbonyl (C=O) groups is 2. The van der Waals surface area contributed by atoms with Gasteiger partial charge in [0.25, 0.3) is 5.91 Å². The molecule has 0 unspecified atom stereocenters. The number of esters is 1. The number of para-hydroxylation sites is 1. The minimum atomic E-state index is -0.940. The number of hydrogen-bond donors (Lipinski definition) is 0. The van der Waals surface area contributed by atoms with Crippen LogP contribution in [-0.4, -0.2) is 37.0 Å². The van der Waals surface area contributed by atoms with E-state index in [0.29, 0.717) is 10.9 Å². The van der Waals surface area contributed by atoms with E-state index in [1.54, 1.807) is 27.1 Å². The molecule has 0 aliphatic heterocycles. The molecular weight excluding hydrogens is 277 g/mol. The van der Waals surface area contributed by atoms with Gasteiger partial charge in [-0.3, -0.25) is 4.79 Å². The fourth-order valence-corrected chi connectivity index (χ4v) is 2.03. The minimum absolute atomic E-state index is 0.00791. The number of benzene rings is 1. The Kier molecular flexibility index (Phi) is 3.97. The topological polar surface area (TPSA) is 59.8 Å². The van der Waals surface area contributed by atoms with Crippen molar-refractivity contribution in [3.05, 3.63) is 35.3 Å². The van der Waals surface area contributed by atoms with Crippen molar-refractivity contribution < 1.29 is 23.1 Å². The van der Waals surface area contributed by atoms with Crippen LogP contribution in [0.25, 0.3) is 11.0 Å². The van der Waals surface area contributed by atoms with Crippen molar-refractivity contribution in [2.75, 3.05) is 14.1 Å². The Balaban J connectivity index is 2.30. The molecule has 0 radical (unpaired) electrons. The number of amides is 1. The predicted octanol–water partition coefficient (Wildman–Crippen LogP) is 2.51. The van der Waals surface area contributed by atoms with Crippen LogP contribution in [0.5, 0.6) is 0 Å². The SMILES string of the molecule is Cc1c(C(=O)O[C@H](C)C(=O)N(C)C)oc2c(F)cccc12. The van der Waals surface area contributed by atoms with Crippen LogP contribution in [0.1, 0.15) is 23.0 Å². The van der Waals surface area contributed by atoms with Crippen LogP contribution in [0, 0.1) is 12.7 Å². The Morgan fingerprint density at radius 1 is 1.33 bits per heavy atom. The van der Waals surface area contributed by atoms with Crippen LogP contribution in [0.4, 0.5) is 4.39 Å². The number of nitrogens with zero attached hydrogens (tertiary/aromatic N) is 1. The third-order valence-corrected chi connectivity index (χ3v) is 3.17. The molecule has 1 aromatic carbocycles. The monoisotopic (exact) mass is 293 g/mol. The standard InChI is InChI=1S/C15H16FNO4/c1-8-10-6-5-7-11(16)13(10)21-12(8)15(19)20-9(2)14(18)17(3)4/h5-7,9H,1-4H3/t9-/m1/s1. The first kappa shape index (κ1) is 15.0. The summed E-state index contributed by atoms with van der Waals surface area (Å²) in [6.07, 6.45) is -0.940. The maximum absolute atomic E-state index is 13.6. The van der Waals surface area contributed by atoms with Gasteiger partial charge in [0.15, 0.2) is 17.5 Å². The largest absolute Gasteiger partial charge is 0.447 e. The van der Waals surface area contributed by atoms with Gasteiger partial charge < -0.3 is 14.1 Å². The molecule has 0 aliphatic carbocycles. The van der Waals surface area contributed by atoms with E-state index in [0.717, 1.165) is 0 Å². The second kappa shape index (κ2) is 5.55. The van der Waals surface area contributed by atoms with Crippen LogP contribution < -0.4 is 0 Å². The summed E-state index contributed by atoms with van der Waals surface area (Å²) in [7, 11) is 3.13.